The van der Waals surface area contributed by atoms with Crippen LogP contribution in [0.25, 0.3) is 0 Å². The van der Waals surface area contributed by atoms with Gasteiger partial charge in [-0.15, -0.1) is 0 Å². The fourth-order valence-corrected chi connectivity index (χ4v) is 4.62. The van der Waals surface area contributed by atoms with Crippen LogP contribution in [-0.2, 0) is 4.74 Å². The van der Waals surface area contributed by atoms with Crippen molar-refractivity contribution in [3.8, 4) is 0 Å². The molecular weight excluding hydrogens is 402 g/mol. The molecule has 1 saturated heterocycles. The molecule has 1 aliphatic heterocycles. The van der Waals surface area contributed by atoms with E-state index in [1.54, 1.807) is 18.9 Å². The standard InChI is InChI=1S/C22H23N3O2S2/c1-26-15-7-14-25-21(20(24-22(25)28)17-10-5-6-13-23-17)18-11-12-19(27-18)29-16-8-3-2-4-9-16/h2-6,8-13,20-21H,7,14-15H2,1H3,(H,24,28)/t20-,21-/m1/s1. The van der Waals surface area contributed by atoms with Gasteiger partial charge in [0.15, 0.2) is 10.2 Å². The van der Waals surface area contributed by atoms with Gasteiger partial charge in [-0.1, -0.05) is 36.0 Å². The molecule has 1 N–H and O–H groups in total. The van der Waals surface area contributed by atoms with Gasteiger partial charge in [0.2, 0.25) is 0 Å². The van der Waals surface area contributed by atoms with E-state index in [0.29, 0.717) is 6.61 Å². The van der Waals surface area contributed by atoms with Crippen LogP contribution in [0.4, 0.5) is 0 Å². The molecule has 1 aliphatic rings. The molecule has 2 aromatic heterocycles. The molecule has 4 rings (SSSR count). The number of furan rings is 1. The zero-order chi connectivity index (χ0) is 20.1. The van der Waals surface area contributed by atoms with Gasteiger partial charge in [0, 0.05) is 31.4 Å². The second-order valence-corrected chi connectivity index (χ2v) is 8.20. The summed E-state index contributed by atoms with van der Waals surface area (Å²) in [5, 5.41) is 5.02. The zero-order valence-electron chi connectivity index (χ0n) is 16.2. The molecule has 0 radical (unpaired) electrons. The summed E-state index contributed by atoms with van der Waals surface area (Å²) in [6.45, 7) is 1.48. The number of benzene rings is 1. The summed E-state index contributed by atoms with van der Waals surface area (Å²) in [4.78, 5) is 7.89. The summed E-state index contributed by atoms with van der Waals surface area (Å²) < 4.78 is 11.5. The third-order valence-corrected chi connectivity index (χ3v) is 6.08. The van der Waals surface area contributed by atoms with E-state index in [1.165, 1.54) is 0 Å². The van der Waals surface area contributed by atoms with Crippen molar-refractivity contribution >= 4 is 29.1 Å². The number of hydrogen-bond donors (Lipinski definition) is 1. The van der Waals surface area contributed by atoms with E-state index in [4.69, 9.17) is 21.4 Å². The average molecular weight is 426 g/mol. The number of pyridine rings is 1. The Morgan fingerprint density at radius 3 is 2.72 bits per heavy atom. The molecule has 29 heavy (non-hydrogen) atoms. The van der Waals surface area contributed by atoms with Crippen LogP contribution in [-0.4, -0.2) is 35.3 Å². The molecule has 3 heterocycles. The summed E-state index contributed by atoms with van der Waals surface area (Å²) in [6.07, 6.45) is 2.69. The zero-order valence-corrected chi connectivity index (χ0v) is 17.8. The van der Waals surface area contributed by atoms with E-state index in [9.17, 15) is 0 Å². The molecule has 7 heteroatoms. The van der Waals surface area contributed by atoms with Crippen molar-refractivity contribution in [2.45, 2.75) is 28.5 Å². The smallest absolute Gasteiger partial charge is 0.170 e. The van der Waals surface area contributed by atoms with Crippen molar-refractivity contribution in [2.75, 3.05) is 20.3 Å². The van der Waals surface area contributed by atoms with E-state index in [0.717, 1.165) is 39.5 Å². The number of aromatic nitrogens is 1. The highest BCUT2D eigenvalue weighted by molar-refractivity contribution is 7.99. The molecule has 150 valence electrons. The van der Waals surface area contributed by atoms with E-state index in [2.05, 4.69) is 27.3 Å². The number of hydrogen-bond acceptors (Lipinski definition) is 5. The van der Waals surface area contributed by atoms with Crippen LogP contribution in [0.15, 0.2) is 81.3 Å². The van der Waals surface area contributed by atoms with Gasteiger partial charge in [-0.2, -0.15) is 0 Å². The van der Waals surface area contributed by atoms with Crippen molar-refractivity contribution in [3.63, 3.8) is 0 Å². The lowest BCUT2D eigenvalue weighted by Crippen LogP contribution is -2.31. The maximum absolute atomic E-state index is 6.27. The number of ether oxygens (including phenoxy) is 1. The lowest BCUT2D eigenvalue weighted by molar-refractivity contribution is 0.176. The molecule has 0 saturated carbocycles. The summed E-state index contributed by atoms with van der Waals surface area (Å²) >= 11 is 7.27. The van der Waals surface area contributed by atoms with Gasteiger partial charge >= 0.3 is 0 Å². The highest BCUT2D eigenvalue weighted by Crippen LogP contribution is 2.41. The van der Waals surface area contributed by atoms with Crippen LogP contribution < -0.4 is 5.32 Å². The summed E-state index contributed by atoms with van der Waals surface area (Å²) in [7, 11) is 1.72. The SMILES string of the molecule is COCCCN1C(=S)N[C@H](c2ccccn2)[C@H]1c1ccc(Sc2ccccc2)o1. The van der Waals surface area contributed by atoms with E-state index < -0.39 is 0 Å². The minimum absolute atomic E-state index is 0.0561. The second kappa shape index (κ2) is 9.43. The van der Waals surface area contributed by atoms with Gasteiger partial charge in [-0.05, 0) is 55.0 Å². The second-order valence-electron chi connectivity index (χ2n) is 6.74. The lowest BCUT2D eigenvalue weighted by Gasteiger charge is -2.25. The first-order valence-corrected chi connectivity index (χ1v) is 10.8. The highest BCUT2D eigenvalue weighted by atomic mass is 32.2. The third kappa shape index (κ3) is 4.63. The number of rotatable bonds is 8. The Kier molecular flexibility index (Phi) is 6.49. The topological polar surface area (TPSA) is 50.5 Å². The number of nitrogens with one attached hydrogen (secondary N) is 1. The Balaban J connectivity index is 1.61. The first-order chi connectivity index (χ1) is 14.3. The van der Waals surface area contributed by atoms with Gasteiger partial charge in [0.25, 0.3) is 0 Å². The molecule has 1 aromatic carbocycles. The van der Waals surface area contributed by atoms with Crippen LogP contribution in [0, 0.1) is 0 Å². The maximum atomic E-state index is 6.27. The molecule has 1 fully saturated rings. The molecular formula is C22H23N3O2S2. The quantitative estimate of drug-likeness (QED) is 0.409. The Bertz CT molecular complexity index is 934. The molecule has 0 aliphatic carbocycles. The average Bonchev–Trinajstić information content (AvgIpc) is 3.34. The fourth-order valence-electron chi connectivity index (χ4n) is 3.49. The van der Waals surface area contributed by atoms with Gasteiger partial charge in [0.1, 0.15) is 11.8 Å². The van der Waals surface area contributed by atoms with Gasteiger partial charge in [-0.25, -0.2) is 0 Å². The minimum Gasteiger partial charge on any atom is -0.452 e. The van der Waals surface area contributed by atoms with Crippen LogP contribution >= 0.6 is 24.0 Å². The lowest BCUT2D eigenvalue weighted by atomic mass is 10.0. The van der Waals surface area contributed by atoms with E-state index >= 15 is 0 Å². The summed E-state index contributed by atoms with van der Waals surface area (Å²) in [5.41, 5.74) is 0.947. The van der Waals surface area contributed by atoms with Crippen LogP contribution in [0.1, 0.15) is 30.0 Å². The van der Waals surface area contributed by atoms with Crippen molar-refractivity contribution in [1.29, 1.82) is 0 Å². The predicted octanol–water partition coefficient (Wildman–Crippen LogP) is 4.83. The van der Waals surface area contributed by atoms with Crippen molar-refractivity contribution in [1.82, 2.24) is 15.2 Å². The molecule has 0 bridgehead atoms. The maximum Gasteiger partial charge on any atom is 0.170 e. The van der Waals surface area contributed by atoms with E-state index in [1.807, 2.05) is 54.7 Å². The normalized spacial score (nSPS) is 18.8. The molecule has 3 aromatic rings. The third-order valence-electron chi connectivity index (χ3n) is 4.80. The van der Waals surface area contributed by atoms with Crippen molar-refractivity contribution in [3.05, 3.63) is 78.3 Å². The van der Waals surface area contributed by atoms with Crippen LogP contribution in [0.2, 0.25) is 0 Å². The van der Waals surface area contributed by atoms with Crippen molar-refractivity contribution < 1.29 is 9.15 Å². The fraction of sp³-hybridized carbons (Fsp3) is 0.273. The van der Waals surface area contributed by atoms with Gasteiger partial charge in [0.05, 0.1) is 11.7 Å². The predicted molar refractivity (Wildman–Crippen MR) is 118 cm³/mol. The summed E-state index contributed by atoms with van der Waals surface area (Å²) in [6, 6.07) is 20.1. The Morgan fingerprint density at radius 2 is 1.97 bits per heavy atom. The van der Waals surface area contributed by atoms with Gasteiger partial charge in [-0.3, -0.25) is 4.98 Å². The van der Waals surface area contributed by atoms with Crippen LogP contribution in [0.5, 0.6) is 0 Å². The Morgan fingerprint density at radius 1 is 1.14 bits per heavy atom. The molecule has 0 unspecified atom stereocenters. The molecule has 0 spiro atoms. The first kappa shape index (κ1) is 19.9. The van der Waals surface area contributed by atoms with Crippen LogP contribution in [0.3, 0.4) is 0 Å². The number of methoxy groups -OCH3 is 1. The number of nitrogens with zero attached hydrogens (tertiary/aromatic N) is 2. The highest BCUT2D eigenvalue weighted by Gasteiger charge is 2.41. The molecule has 0 amide bonds. The number of thiocarbonyl (C=S) groups is 1. The molecule has 5 nitrogen and oxygen atoms in total. The van der Waals surface area contributed by atoms with E-state index in [-0.39, 0.29) is 12.1 Å². The molecule has 2 atom stereocenters. The Labute approximate surface area is 180 Å². The van der Waals surface area contributed by atoms with Crippen molar-refractivity contribution in [2.24, 2.45) is 0 Å². The monoisotopic (exact) mass is 425 g/mol. The largest absolute Gasteiger partial charge is 0.452 e. The van der Waals surface area contributed by atoms with Gasteiger partial charge < -0.3 is 19.4 Å². The minimum atomic E-state index is -0.0630. The summed E-state index contributed by atoms with van der Waals surface area (Å²) in [5.74, 6) is 0.879. The Hall–Kier alpha value is -2.35. The first-order valence-electron chi connectivity index (χ1n) is 9.56.